The number of carbonyl (C=O) groups is 1. The van der Waals surface area contributed by atoms with E-state index in [1.165, 1.54) is 0 Å². The quantitative estimate of drug-likeness (QED) is 0.444. The van der Waals surface area contributed by atoms with Crippen LogP contribution < -0.4 is 10.6 Å². The Morgan fingerprint density at radius 1 is 1.03 bits per heavy atom. The van der Waals surface area contributed by atoms with Crippen molar-refractivity contribution in [1.29, 1.82) is 0 Å². The first kappa shape index (κ1) is 18.8. The van der Waals surface area contributed by atoms with Crippen molar-refractivity contribution in [1.82, 2.24) is 20.3 Å². The number of benzene rings is 3. The minimum atomic E-state index is -0.0998. The summed E-state index contributed by atoms with van der Waals surface area (Å²) < 4.78 is 7.65. The number of anilines is 1. The van der Waals surface area contributed by atoms with Crippen molar-refractivity contribution in [2.45, 2.75) is 18.9 Å². The summed E-state index contributed by atoms with van der Waals surface area (Å²) in [5.74, 6) is 0.0143. The van der Waals surface area contributed by atoms with Gasteiger partial charge in [-0.05, 0) is 67.9 Å². The molecule has 0 radical (unpaired) electrons. The normalized spacial score (nSPS) is 16.1. The highest BCUT2D eigenvalue weighted by Gasteiger charge is 2.21. The molecule has 1 aliphatic heterocycles. The van der Waals surface area contributed by atoms with Crippen LogP contribution in [0.1, 0.15) is 12.8 Å². The molecule has 1 fully saturated rings. The maximum absolute atomic E-state index is 12.3. The van der Waals surface area contributed by atoms with Gasteiger partial charge >= 0.3 is 0 Å². The lowest BCUT2D eigenvalue weighted by atomic mass is 10.1. The Kier molecular flexibility index (Phi) is 4.47. The van der Waals surface area contributed by atoms with Gasteiger partial charge in [0.1, 0.15) is 16.9 Å². The Bertz CT molecular complexity index is 1430. The molecule has 0 aliphatic carbocycles. The zero-order valence-corrected chi connectivity index (χ0v) is 17.3. The summed E-state index contributed by atoms with van der Waals surface area (Å²) in [7, 11) is 0. The van der Waals surface area contributed by atoms with Crippen LogP contribution in [-0.4, -0.2) is 33.5 Å². The lowest BCUT2D eigenvalue weighted by Crippen LogP contribution is -2.35. The van der Waals surface area contributed by atoms with E-state index < -0.39 is 0 Å². The molecule has 3 aromatic carbocycles. The van der Waals surface area contributed by atoms with Crippen LogP contribution in [0, 0.1) is 0 Å². The Morgan fingerprint density at radius 3 is 2.72 bits per heavy atom. The highest BCUT2D eigenvalue weighted by molar-refractivity contribution is 6.06. The lowest BCUT2D eigenvalue weighted by Gasteiger charge is -2.11. The first-order valence-corrected chi connectivity index (χ1v) is 10.7. The molecule has 2 N–H and O–H groups in total. The second kappa shape index (κ2) is 7.62. The molecule has 158 valence electrons. The molecule has 7 heteroatoms. The summed E-state index contributed by atoms with van der Waals surface area (Å²) in [5.41, 5.74) is 5.12. The second-order valence-electron chi connectivity index (χ2n) is 8.04. The van der Waals surface area contributed by atoms with E-state index in [9.17, 15) is 4.79 Å². The maximum atomic E-state index is 12.3. The molecule has 1 saturated heterocycles. The van der Waals surface area contributed by atoms with Crippen LogP contribution in [0.5, 0.6) is 0 Å². The van der Waals surface area contributed by atoms with Crippen LogP contribution in [0.25, 0.3) is 38.9 Å². The highest BCUT2D eigenvalue weighted by Crippen LogP contribution is 2.31. The molecular formula is C25H21N5O2. The van der Waals surface area contributed by atoms with E-state index in [2.05, 4.69) is 33.1 Å². The third-order valence-electron chi connectivity index (χ3n) is 5.94. The number of nitrogens with one attached hydrogen (secondary N) is 2. The molecule has 3 heterocycles. The molecule has 1 unspecified atom stereocenters. The van der Waals surface area contributed by atoms with Gasteiger partial charge in [-0.15, -0.1) is 5.10 Å². The summed E-state index contributed by atoms with van der Waals surface area (Å²) in [6.07, 6.45) is 3.82. The minimum absolute atomic E-state index is 0.0143. The van der Waals surface area contributed by atoms with Crippen molar-refractivity contribution in [3.63, 3.8) is 0 Å². The number of amides is 1. The predicted octanol–water partition coefficient (Wildman–Crippen LogP) is 4.52. The third kappa shape index (κ3) is 3.33. The van der Waals surface area contributed by atoms with Crippen molar-refractivity contribution in [2.24, 2.45) is 0 Å². The van der Waals surface area contributed by atoms with E-state index in [0.717, 1.165) is 64.0 Å². The molecule has 7 nitrogen and oxygen atoms in total. The van der Waals surface area contributed by atoms with Crippen molar-refractivity contribution in [2.75, 3.05) is 11.9 Å². The van der Waals surface area contributed by atoms with Crippen LogP contribution in [0.4, 0.5) is 5.69 Å². The average molecular weight is 423 g/mol. The fraction of sp³-hybridized carbons (Fsp3) is 0.160. The molecule has 1 amide bonds. The first-order chi connectivity index (χ1) is 15.7. The number of nitrogens with zero attached hydrogens (tertiary/aromatic N) is 3. The van der Waals surface area contributed by atoms with E-state index in [1.807, 2.05) is 60.8 Å². The monoisotopic (exact) mass is 423 g/mol. The Hall–Kier alpha value is -3.97. The molecule has 6 rings (SSSR count). The van der Waals surface area contributed by atoms with E-state index in [-0.39, 0.29) is 11.9 Å². The van der Waals surface area contributed by atoms with Gasteiger partial charge in [-0.25, -0.2) is 4.68 Å². The SMILES string of the molecule is O=C(Nc1ccc(-n2cc(-c3ccc4oc5ccccc5c4c3)nn2)cc1)C1CCCN1. The summed E-state index contributed by atoms with van der Waals surface area (Å²) in [6, 6.07) is 21.6. The standard InChI is InChI=1S/C25H21N5O2/c31-25(21-5-3-13-26-21)27-17-8-10-18(11-9-17)30-15-22(28-29-30)16-7-12-24-20(14-16)19-4-1-2-6-23(19)32-24/h1-2,4,6-12,14-15,21,26H,3,5,13H2,(H,27,31). The first-order valence-electron chi connectivity index (χ1n) is 10.7. The number of furan rings is 1. The van der Waals surface area contributed by atoms with Gasteiger partial charge in [-0.1, -0.05) is 23.4 Å². The van der Waals surface area contributed by atoms with Crippen LogP contribution >= 0.6 is 0 Å². The largest absolute Gasteiger partial charge is 0.456 e. The zero-order chi connectivity index (χ0) is 21.5. The van der Waals surface area contributed by atoms with Gasteiger partial charge in [0.05, 0.1) is 17.9 Å². The van der Waals surface area contributed by atoms with Gasteiger partial charge in [-0.3, -0.25) is 4.79 Å². The number of aromatic nitrogens is 3. The molecule has 2 aromatic heterocycles. The fourth-order valence-electron chi connectivity index (χ4n) is 4.24. The van der Waals surface area contributed by atoms with E-state index in [1.54, 1.807) is 4.68 Å². The minimum Gasteiger partial charge on any atom is -0.456 e. The molecule has 1 aliphatic rings. The van der Waals surface area contributed by atoms with Gasteiger partial charge in [0.25, 0.3) is 0 Å². The summed E-state index contributed by atoms with van der Waals surface area (Å²) in [5, 5.41) is 17.0. The van der Waals surface area contributed by atoms with Crippen molar-refractivity contribution in [3.05, 3.63) is 72.9 Å². The van der Waals surface area contributed by atoms with Crippen LogP contribution in [-0.2, 0) is 4.79 Å². The summed E-state index contributed by atoms with van der Waals surface area (Å²) >= 11 is 0. The molecule has 0 spiro atoms. The number of para-hydroxylation sites is 1. The summed E-state index contributed by atoms with van der Waals surface area (Å²) in [6.45, 7) is 0.898. The number of fused-ring (bicyclic) bond motifs is 3. The molecule has 32 heavy (non-hydrogen) atoms. The molecule has 5 aromatic rings. The van der Waals surface area contributed by atoms with E-state index >= 15 is 0 Å². The molecule has 1 atom stereocenters. The lowest BCUT2D eigenvalue weighted by molar-refractivity contribution is -0.117. The topological polar surface area (TPSA) is 85.0 Å². The van der Waals surface area contributed by atoms with Crippen molar-refractivity contribution in [3.8, 4) is 16.9 Å². The van der Waals surface area contributed by atoms with Crippen LogP contribution in [0.2, 0.25) is 0 Å². The predicted molar refractivity (Wildman–Crippen MR) is 124 cm³/mol. The summed E-state index contributed by atoms with van der Waals surface area (Å²) in [4.78, 5) is 12.3. The van der Waals surface area contributed by atoms with Crippen LogP contribution in [0.3, 0.4) is 0 Å². The number of hydrogen-bond acceptors (Lipinski definition) is 5. The number of carbonyl (C=O) groups excluding carboxylic acids is 1. The van der Waals surface area contributed by atoms with Gasteiger partial charge in [0, 0.05) is 22.0 Å². The van der Waals surface area contributed by atoms with Gasteiger partial charge in [0.15, 0.2) is 0 Å². The molecule has 0 saturated carbocycles. The van der Waals surface area contributed by atoms with Gasteiger partial charge in [-0.2, -0.15) is 0 Å². The van der Waals surface area contributed by atoms with Crippen molar-refractivity contribution < 1.29 is 9.21 Å². The number of hydrogen-bond donors (Lipinski definition) is 2. The second-order valence-corrected chi connectivity index (χ2v) is 8.04. The average Bonchev–Trinajstić information content (AvgIpc) is 3.59. The Labute approximate surface area is 184 Å². The van der Waals surface area contributed by atoms with Crippen LogP contribution in [0.15, 0.2) is 77.3 Å². The maximum Gasteiger partial charge on any atom is 0.241 e. The highest BCUT2D eigenvalue weighted by atomic mass is 16.3. The number of rotatable bonds is 4. The van der Waals surface area contributed by atoms with Gasteiger partial charge < -0.3 is 15.1 Å². The van der Waals surface area contributed by atoms with Crippen molar-refractivity contribution >= 4 is 33.5 Å². The van der Waals surface area contributed by atoms with E-state index in [4.69, 9.17) is 4.42 Å². The van der Waals surface area contributed by atoms with E-state index in [0.29, 0.717) is 0 Å². The Morgan fingerprint density at radius 2 is 1.88 bits per heavy atom. The molecule has 0 bridgehead atoms. The Balaban J connectivity index is 1.24. The smallest absolute Gasteiger partial charge is 0.241 e. The third-order valence-corrected chi connectivity index (χ3v) is 5.94. The zero-order valence-electron chi connectivity index (χ0n) is 17.3. The fourth-order valence-corrected chi connectivity index (χ4v) is 4.24. The van der Waals surface area contributed by atoms with Gasteiger partial charge in [0.2, 0.25) is 5.91 Å². The molecular weight excluding hydrogens is 402 g/mol.